The Kier molecular flexibility index (Phi) is 5.75. The van der Waals surface area contributed by atoms with E-state index in [1.165, 1.54) is 0 Å². The van der Waals surface area contributed by atoms with E-state index in [-0.39, 0.29) is 23.8 Å². The predicted molar refractivity (Wildman–Crippen MR) is 123 cm³/mol. The van der Waals surface area contributed by atoms with Crippen LogP contribution in [0.25, 0.3) is 16.9 Å². The average molecular weight is 429 g/mol. The molecule has 1 aromatic heterocycles. The fraction of sp³-hybridized carbons (Fsp3) is 0.346. The molecule has 0 unspecified atom stereocenters. The van der Waals surface area contributed by atoms with Crippen LogP contribution in [0.15, 0.2) is 66.9 Å². The average Bonchev–Trinajstić information content (AvgIpc) is 3.61. The molecule has 5 rings (SSSR count). The first kappa shape index (κ1) is 20.5. The van der Waals surface area contributed by atoms with E-state index in [1.54, 1.807) is 6.20 Å². The second-order valence-electron chi connectivity index (χ2n) is 8.77. The lowest BCUT2D eigenvalue weighted by molar-refractivity contribution is -0.134. The lowest BCUT2D eigenvalue weighted by atomic mass is 10.1. The van der Waals surface area contributed by atoms with Crippen LogP contribution in [0.3, 0.4) is 0 Å². The molecule has 3 aromatic rings. The number of carbonyl (C=O) groups is 2. The number of hydrogen-bond acceptors (Lipinski definition) is 3. The van der Waals surface area contributed by atoms with E-state index in [0.29, 0.717) is 12.1 Å². The van der Waals surface area contributed by atoms with Crippen molar-refractivity contribution < 1.29 is 9.59 Å². The Bertz CT molecular complexity index is 1100. The summed E-state index contributed by atoms with van der Waals surface area (Å²) in [5.41, 5.74) is 3.47. The predicted octanol–water partition coefficient (Wildman–Crippen LogP) is 4.06. The molecular formula is C26H28N4O2. The molecule has 1 atom stereocenters. The summed E-state index contributed by atoms with van der Waals surface area (Å²) in [6, 6.07) is 19.6. The van der Waals surface area contributed by atoms with Crippen LogP contribution in [0.1, 0.15) is 42.5 Å². The van der Waals surface area contributed by atoms with Crippen LogP contribution in [-0.4, -0.2) is 45.6 Å². The number of nitrogens with one attached hydrogen (secondary N) is 1. The van der Waals surface area contributed by atoms with E-state index >= 15 is 0 Å². The molecule has 1 aliphatic heterocycles. The number of aromatic nitrogens is 2. The summed E-state index contributed by atoms with van der Waals surface area (Å²) in [5, 5.41) is 7.60. The molecule has 164 valence electrons. The molecular weight excluding hydrogens is 400 g/mol. The minimum absolute atomic E-state index is 0.00101. The highest BCUT2D eigenvalue weighted by atomic mass is 16.2. The molecule has 2 aliphatic rings. The van der Waals surface area contributed by atoms with Gasteiger partial charge in [0, 0.05) is 36.2 Å². The van der Waals surface area contributed by atoms with Crippen LogP contribution in [-0.2, 0) is 4.79 Å². The van der Waals surface area contributed by atoms with Crippen molar-refractivity contribution in [3.05, 3.63) is 72.4 Å². The van der Waals surface area contributed by atoms with Gasteiger partial charge in [-0.3, -0.25) is 9.59 Å². The van der Waals surface area contributed by atoms with Gasteiger partial charge in [-0.25, -0.2) is 4.68 Å². The molecule has 1 aliphatic carbocycles. The number of benzene rings is 2. The lowest BCUT2D eigenvalue weighted by Crippen LogP contribution is -2.39. The largest absolute Gasteiger partial charge is 0.347 e. The first-order valence-corrected chi connectivity index (χ1v) is 11.5. The fourth-order valence-electron chi connectivity index (χ4n) is 4.89. The maximum atomic E-state index is 13.0. The topological polar surface area (TPSA) is 67.2 Å². The zero-order chi connectivity index (χ0) is 21.9. The quantitative estimate of drug-likeness (QED) is 0.666. The summed E-state index contributed by atoms with van der Waals surface area (Å²) in [6.45, 7) is 1.34. The van der Waals surface area contributed by atoms with Gasteiger partial charge < -0.3 is 10.2 Å². The number of hydrogen-bond donors (Lipinski definition) is 1. The van der Waals surface area contributed by atoms with Crippen LogP contribution in [0.2, 0.25) is 0 Å². The molecule has 6 nitrogen and oxygen atoms in total. The number of amides is 2. The molecule has 1 saturated heterocycles. The third-order valence-corrected chi connectivity index (χ3v) is 6.60. The van der Waals surface area contributed by atoms with Crippen molar-refractivity contribution in [2.75, 3.05) is 13.1 Å². The lowest BCUT2D eigenvalue weighted by Gasteiger charge is -2.20. The highest BCUT2D eigenvalue weighted by molar-refractivity contribution is 5.95. The Balaban J connectivity index is 1.27. The van der Waals surface area contributed by atoms with Gasteiger partial charge in [-0.15, -0.1) is 0 Å². The zero-order valence-corrected chi connectivity index (χ0v) is 18.1. The van der Waals surface area contributed by atoms with Gasteiger partial charge in [0.15, 0.2) is 0 Å². The standard InChI is InChI=1S/C26H28N4O2/c31-25(28-22-14-16-29(18-22)26(32)20-9-4-5-10-20)21-11-6-12-23(17-21)30-24(13-15-27-30)19-7-2-1-3-8-19/h1-3,6-8,11-13,15,17,20,22H,4-5,9-10,14,16,18H2,(H,28,31)/t22-/m1/s1. The minimum atomic E-state index is -0.111. The van der Waals surface area contributed by atoms with Gasteiger partial charge in [-0.1, -0.05) is 49.2 Å². The summed E-state index contributed by atoms with van der Waals surface area (Å²) in [4.78, 5) is 27.6. The van der Waals surface area contributed by atoms with Gasteiger partial charge in [0.1, 0.15) is 0 Å². The van der Waals surface area contributed by atoms with Crippen molar-refractivity contribution in [2.45, 2.75) is 38.1 Å². The monoisotopic (exact) mass is 428 g/mol. The van der Waals surface area contributed by atoms with Crippen molar-refractivity contribution in [1.82, 2.24) is 20.0 Å². The number of likely N-dealkylation sites (tertiary alicyclic amines) is 1. The van der Waals surface area contributed by atoms with Crippen LogP contribution in [0, 0.1) is 5.92 Å². The van der Waals surface area contributed by atoms with E-state index in [2.05, 4.69) is 10.4 Å². The molecule has 32 heavy (non-hydrogen) atoms. The summed E-state index contributed by atoms with van der Waals surface area (Å²) in [5.74, 6) is 0.350. The van der Waals surface area contributed by atoms with Gasteiger partial charge in [0.25, 0.3) is 5.91 Å². The smallest absolute Gasteiger partial charge is 0.251 e. The molecule has 2 aromatic carbocycles. The summed E-state index contributed by atoms with van der Waals surface area (Å²) >= 11 is 0. The number of nitrogens with zero attached hydrogens (tertiary/aromatic N) is 3. The molecule has 2 fully saturated rings. The second-order valence-corrected chi connectivity index (χ2v) is 8.77. The van der Waals surface area contributed by atoms with Gasteiger partial charge in [-0.05, 0) is 43.5 Å². The van der Waals surface area contributed by atoms with E-state index < -0.39 is 0 Å². The van der Waals surface area contributed by atoms with Crippen molar-refractivity contribution in [3.63, 3.8) is 0 Å². The normalized spacial score (nSPS) is 18.8. The Morgan fingerprint density at radius 1 is 0.938 bits per heavy atom. The van der Waals surface area contributed by atoms with E-state index in [9.17, 15) is 9.59 Å². The minimum Gasteiger partial charge on any atom is -0.347 e. The third-order valence-electron chi connectivity index (χ3n) is 6.60. The third kappa shape index (κ3) is 4.17. The van der Waals surface area contributed by atoms with E-state index in [1.807, 2.05) is 70.2 Å². The Morgan fingerprint density at radius 2 is 1.75 bits per heavy atom. The molecule has 2 heterocycles. The second kappa shape index (κ2) is 8.99. The van der Waals surface area contributed by atoms with Crippen LogP contribution in [0.4, 0.5) is 0 Å². The molecule has 2 amide bonds. The van der Waals surface area contributed by atoms with Crippen molar-refractivity contribution in [3.8, 4) is 16.9 Å². The molecule has 1 N–H and O–H groups in total. The maximum absolute atomic E-state index is 13.0. The van der Waals surface area contributed by atoms with Crippen molar-refractivity contribution in [1.29, 1.82) is 0 Å². The Hall–Kier alpha value is -3.41. The summed E-state index contributed by atoms with van der Waals surface area (Å²) < 4.78 is 1.85. The maximum Gasteiger partial charge on any atom is 0.251 e. The first-order valence-electron chi connectivity index (χ1n) is 11.5. The summed E-state index contributed by atoms with van der Waals surface area (Å²) in [7, 11) is 0. The zero-order valence-electron chi connectivity index (χ0n) is 18.1. The summed E-state index contributed by atoms with van der Waals surface area (Å²) in [6.07, 6.45) is 6.91. The van der Waals surface area contributed by atoms with Crippen LogP contribution in [0.5, 0.6) is 0 Å². The molecule has 0 bridgehead atoms. The van der Waals surface area contributed by atoms with Gasteiger partial charge >= 0.3 is 0 Å². The highest BCUT2D eigenvalue weighted by Crippen LogP contribution is 2.28. The molecule has 0 spiro atoms. The Morgan fingerprint density at radius 3 is 2.56 bits per heavy atom. The SMILES string of the molecule is O=C(N[C@@H]1CCN(C(=O)C2CCCC2)C1)c1cccc(-n2nccc2-c2ccccc2)c1. The van der Waals surface area contributed by atoms with Crippen LogP contribution < -0.4 is 5.32 Å². The van der Waals surface area contributed by atoms with Gasteiger partial charge in [0.2, 0.25) is 5.91 Å². The molecule has 1 saturated carbocycles. The molecule has 6 heteroatoms. The van der Waals surface area contributed by atoms with E-state index in [0.717, 1.165) is 55.6 Å². The first-order chi connectivity index (χ1) is 15.7. The number of carbonyl (C=O) groups excluding carboxylic acids is 2. The van der Waals surface area contributed by atoms with Crippen LogP contribution >= 0.6 is 0 Å². The van der Waals surface area contributed by atoms with E-state index in [4.69, 9.17) is 0 Å². The van der Waals surface area contributed by atoms with Crippen molar-refractivity contribution in [2.24, 2.45) is 5.92 Å². The Labute approximate surface area is 188 Å². The fourth-order valence-corrected chi connectivity index (χ4v) is 4.89. The molecule has 0 radical (unpaired) electrons. The van der Waals surface area contributed by atoms with Gasteiger partial charge in [0.05, 0.1) is 17.6 Å². The highest BCUT2D eigenvalue weighted by Gasteiger charge is 2.32. The number of rotatable bonds is 5. The van der Waals surface area contributed by atoms with Crippen molar-refractivity contribution >= 4 is 11.8 Å². The van der Waals surface area contributed by atoms with Gasteiger partial charge in [-0.2, -0.15) is 5.10 Å².